The molecule has 0 spiro atoms. The van der Waals surface area contributed by atoms with Crippen molar-refractivity contribution in [2.45, 2.75) is 31.9 Å². The van der Waals surface area contributed by atoms with Crippen LogP contribution in [0.15, 0.2) is 0 Å². The van der Waals surface area contributed by atoms with Crippen LogP contribution in [-0.2, 0) is 15.0 Å². The van der Waals surface area contributed by atoms with Crippen molar-refractivity contribution < 1.29 is 26.4 Å². The van der Waals surface area contributed by atoms with Crippen LogP contribution in [0.4, 0.5) is 13.2 Å². The third-order valence-electron chi connectivity index (χ3n) is 4.40. The SMILES string of the molecule is NS(=O)(=O)N1CCN(C(=O)[C@@H]2CCC[C@@H](C(F)(F)F)C2)CC1. The Morgan fingerprint density at radius 1 is 1.09 bits per heavy atom. The van der Waals surface area contributed by atoms with Crippen molar-refractivity contribution in [3.63, 3.8) is 0 Å². The number of hydrogen-bond acceptors (Lipinski definition) is 3. The van der Waals surface area contributed by atoms with Gasteiger partial charge in [0.15, 0.2) is 0 Å². The molecule has 1 aliphatic carbocycles. The van der Waals surface area contributed by atoms with Crippen LogP contribution in [0.1, 0.15) is 25.7 Å². The van der Waals surface area contributed by atoms with Gasteiger partial charge in [-0.3, -0.25) is 4.79 Å². The number of amides is 1. The summed E-state index contributed by atoms with van der Waals surface area (Å²) in [4.78, 5) is 13.8. The molecular weight excluding hydrogens is 323 g/mol. The van der Waals surface area contributed by atoms with Crippen LogP contribution in [0, 0.1) is 11.8 Å². The first-order chi connectivity index (χ1) is 10.1. The van der Waals surface area contributed by atoms with Crippen molar-refractivity contribution in [3.05, 3.63) is 0 Å². The van der Waals surface area contributed by atoms with Gasteiger partial charge < -0.3 is 4.90 Å². The fourth-order valence-corrected chi connectivity index (χ4v) is 3.80. The van der Waals surface area contributed by atoms with Crippen molar-refractivity contribution in [1.29, 1.82) is 0 Å². The van der Waals surface area contributed by atoms with Crippen LogP contribution in [0.5, 0.6) is 0 Å². The third-order valence-corrected chi connectivity index (χ3v) is 5.48. The number of alkyl halides is 3. The van der Waals surface area contributed by atoms with Gasteiger partial charge >= 0.3 is 6.18 Å². The van der Waals surface area contributed by atoms with Gasteiger partial charge in [-0.15, -0.1) is 0 Å². The maximum absolute atomic E-state index is 12.8. The number of nitrogens with zero attached hydrogens (tertiary/aromatic N) is 2. The first-order valence-corrected chi connectivity index (χ1v) is 8.72. The Morgan fingerprint density at radius 2 is 1.68 bits per heavy atom. The van der Waals surface area contributed by atoms with E-state index in [2.05, 4.69) is 0 Å². The van der Waals surface area contributed by atoms with Crippen LogP contribution in [0.2, 0.25) is 0 Å². The first-order valence-electron chi connectivity index (χ1n) is 7.22. The van der Waals surface area contributed by atoms with Crippen LogP contribution < -0.4 is 5.14 Å². The summed E-state index contributed by atoms with van der Waals surface area (Å²) >= 11 is 0. The molecule has 10 heteroatoms. The van der Waals surface area contributed by atoms with Crippen LogP contribution >= 0.6 is 0 Å². The van der Waals surface area contributed by atoms with Crippen LogP contribution in [0.25, 0.3) is 0 Å². The number of halogens is 3. The zero-order valence-electron chi connectivity index (χ0n) is 12.1. The summed E-state index contributed by atoms with van der Waals surface area (Å²) in [5.74, 6) is -2.34. The first kappa shape index (κ1) is 17.5. The highest BCUT2D eigenvalue weighted by atomic mass is 32.2. The van der Waals surface area contributed by atoms with Gasteiger partial charge in [-0.05, 0) is 19.3 Å². The molecular formula is C12H20F3N3O3S. The van der Waals surface area contributed by atoms with Gasteiger partial charge in [0.1, 0.15) is 0 Å². The summed E-state index contributed by atoms with van der Waals surface area (Å²) in [6.07, 6.45) is -3.51. The summed E-state index contributed by atoms with van der Waals surface area (Å²) in [5.41, 5.74) is 0. The molecule has 1 heterocycles. The van der Waals surface area contributed by atoms with E-state index in [1.165, 1.54) is 4.90 Å². The van der Waals surface area contributed by atoms with Gasteiger partial charge in [-0.2, -0.15) is 25.9 Å². The maximum atomic E-state index is 12.8. The van der Waals surface area contributed by atoms with Gasteiger partial charge in [-0.25, -0.2) is 5.14 Å². The second-order valence-corrected chi connectivity index (χ2v) is 7.42. The monoisotopic (exact) mass is 343 g/mol. The van der Waals surface area contributed by atoms with E-state index in [0.29, 0.717) is 12.8 Å². The lowest BCUT2D eigenvalue weighted by Gasteiger charge is -2.37. The molecule has 0 radical (unpaired) electrons. The molecule has 1 amide bonds. The molecule has 0 aromatic carbocycles. The largest absolute Gasteiger partial charge is 0.391 e. The lowest BCUT2D eigenvalue weighted by molar-refractivity contribution is -0.187. The third kappa shape index (κ3) is 4.11. The molecule has 2 fully saturated rings. The minimum atomic E-state index is -4.26. The molecule has 2 N–H and O–H groups in total. The summed E-state index contributed by atoms with van der Waals surface area (Å²) in [6.45, 7) is 0.505. The standard InChI is InChI=1S/C12H20F3N3O3S/c13-12(14,15)10-3-1-2-9(8-10)11(19)17-4-6-18(7-5-17)22(16,20)21/h9-10H,1-8H2,(H2,16,20,21)/t9-,10-/m1/s1. The topological polar surface area (TPSA) is 83.7 Å². The molecule has 0 aromatic heterocycles. The van der Waals surface area contributed by atoms with Gasteiger partial charge in [0.2, 0.25) is 5.91 Å². The van der Waals surface area contributed by atoms with E-state index in [9.17, 15) is 26.4 Å². The number of rotatable bonds is 2. The normalized spacial score (nSPS) is 28.6. The van der Waals surface area contributed by atoms with E-state index in [-0.39, 0.29) is 44.9 Å². The van der Waals surface area contributed by atoms with E-state index < -0.39 is 28.2 Å². The Balaban J connectivity index is 1.93. The minimum absolute atomic E-state index is 0.0759. The van der Waals surface area contributed by atoms with E-state index in [4.69, 9.17) is 5.14 Å². The molecule has 1 saturated heterocycles. The van der Waals surface area contributed by atoms with Crippen LogP contribution in [-0.4, -0.2) is 55.9 Å². The number of nitrogens with two attached hydrogens (primary N) is 1. The molecule has 128 valence electrons. The lowest BCUT2D eigenvalue weighted by Crippen LogP contribution is -2.53. The van der Waals surface area contributed by atoms with Crippen molar-refractivity contribution in [2.75, 3.05) is 26.2 Å². The molecule has 6 nitrogen and oxygen atoms in total. The number of piperazine rings is 1. The van der Waals surface area contributed by atoms with Gasteiger partial charge in [0.25, 0.3) is 10.2 Å². The smallest absolute Gasteiger partial charge is 0.340 e. The van der Waals surface area contributed by atoms with Gasteiger partial charge in [-0.1, -0.05) is 6.42 Å². The highest BCUT2D eigenvalue weighted by Gasteiger charge is 2.44. The summed E-state index contributed by atoms with van der Waals surface area (Å²) < 4.78 is 61.8. The molecule has 0 bridgehead atoms. The highest BCUT2D eigenvalue weighted by Crippen LogP contribution is 2.40. The average molecular weight is 343 g/mol. The average Bonchev–Trinajstić information content (AvgIpc) is 2.45. The second kappa shape index (κ2) is 6.32. The molecule has 22 heavy (non-hydrogen) atoms. The molecule has 2 aliphatic rings. The summed E-state index contributed by atoms with van der Waals surface area (Å²) in [7, 11) is -3.78. The summed E-state index contributed by atoms with van der Waals surface area (Å²) in [6, 6.07) is 0. The predicted octanol–water partition coefficient (Wildman–Crippen LogP) is 0.703. The number of hydrogen-bond donors (Lipinski definition) is 1. The van der Waals surface area contributed by atoms with Crippen molar-refractivity contribution in [3.8, 4) is 0 Å². The number of carbonyl (C=O) groups excluding carboxylic acids is 1. The fourth-order valence-electron chi connectivity index (χ4n) is 3.13. The Morgan fingerprint density at radius 3 is 2.18 bits per heavy atom. The Bertz CT molecular complexity index is 515. The zero-order valence-corrected chi connectivity index (χ0v) is 12.9. The molecule has 2 atom stereocenters. The zero-order chi connectivity index (χ0) is 16.5. The van der Waals surface area contributed by atoms with Gasteiger partial charge in [0.05, 0.1) is 5.92 Å². The Hall–Kier alpha value is -0.870. The fraction of sp³-hybridized carbons (Fsp3) is 0.917. The van der Waals surface area contributed by atoms with Crippen molar-refractivity contribution in [2.24, 2.45) is 17.0 Å². The Labute approximate surface area is 127 Å². The van der Waals surface area contributed by atoms with Crippen LogP contribution in [0.3, 0.4) is 0 Å². The van der Waals surface area contributed by atoms with E-state index in [1.807, 2.05) is 0 Å². The quantitative estimate of drug-likeness (QED) is 0.801. The molecule has 0 unspecified atom stereocenters. The van der Waals surface area contributed by atoms with Gasteiger partial charge in [0, 0.05) is 32.1 Å². The maximum Gasteiger partial charge on any atom is 0.391 e. The molecule has 1 aliphatic heterocycles. The Kier molecular flexibility index (Phi) is 5.03. The van der Waals surface area contributed by atoms with E-state index >= 15 is 0 Å². The molecule has 0 aromatic rings. The molecule has 2 rings (SSSR count). The second-order valence-electron chi connectivity index (χ2n) is 5.87. The minimum Gasteiger partial charge on any atom is -0.340 e. The number of carbonyl (C=O) groups is 1. The highest BCUT2D eigenvalue weighted by molar-refractivity contribution is 7.86. The molecule has 1 saturated carbocycles. The predicted molar refractivity (Wildman–Crippen MR) is 72.8 cm³/mol. The van der Waals surface area contributed by atoms with Crippen molar-refractivity contribution >= 4 is 16.1 Å². The summed E-state index contributed by atoms with van der Waals surface area (Å²) in [5, 5.41) is 5.01. The van der Waals surface area contributed by atoms with E-state index in [1.54, 1.807) is 0 Å². The van der Waals surface area contributed by atoms with E-state index in [0.717, 1.165) is 4.31 Å². The van der Waals surface area contributed by atoms with Crippen molar-refractivity contribution in [1.82, 2.24) is 9.21 Å². The lowest BCUT2D eigenvalue weighted by atomic mass is 9.80.